The van der Waals surface area contributed by atoms with Crippen LogP contribution in [0.3, 0.4) is 0 Å². The average Bonchev–Trinajstić information content (AvgIpc) is 3.29. The lowest BCUT2D eigenvalue weighted by molar-refractivity contribution is -0.137. The highest BCUT2D eigenvalue weighted by Gasteiger charge is 2.32. The van der Waals surface area contributed by atoms with Crippen LogP contribution in [0.5, 0.6) is 0 Å². The van der Waals surface area contributed by atoms with Crippen molar-refractivity contribution in [2.45, 2.75) is 57.9 Å². The number of nitrogens with zero attached hydrogens (tertiary/aromatic N) is 4. The summed E-state index contributed by atoms with van der Waals surface area (Å²) in [4.78, 5) is 26.7. The van der Waals surface area contributed by atoms with Crippen LogP contribution >= 0.6 is 0 Å². The van der Waals surface area contributed by atoms with Gasteiger partial charge in [0.2, 0.25) is 5.91 Å². The first kappa shape index (κ1) is 20.8. The SMILES string of the molecule is CCC(C(=O)N1CCC(c2ccc(Nc3cccc(C)n3)cn2)CC1)N1CCCC1. The minimum absolute atomic E-state index is 0.0720. The minimum Gasteiger partial charge on any atom is -0.341 e. The van der Waals surface area contributed by atoms with Gasteiger partial charge in [0, 0.05) is 30.4 Å². The molecule has 2 aliphatic rings. The lowest BCUT2D eigenvalue weighted by Crippen LogP contribution is -2.49. The van der Waals surface area contributed by atoms with Crippen LogP contribution in [0.15, 0.2) is 36.5 Å². The van der Waals surface area contributed by atoms with Crippen molar-refractivity contribution in [3.63, 3.8) is 0 Å². The van der Waals surface area contributed by atoms with Crippen molar-refractivity contribution in [2.24, 2.45) is 0 Å². The number of rotatable bonds is 6. The summed E-state index contributed by atoms with van der Waals surface area (Å²) in [6.07, 6.45) is 7.22. The second-order valence-corrected chi connectivity index (χ2v) is 8.53. The van der Waals surface area contributed by atoms with Crippen molar-refractivity contribution in [1.29, 1.82) is 0 Å². The molecule has 1 unspecified atom stereocenters. The maximum Gasteiger partial charge on any atom is 0.239 e. The van der Waals surface area contributed by atoms with Gasteiger partial charge in [-0.15, -0.1) is 0 Å². The van der Waals surface area contributed by atoms with E-state index in [1.54, 1.807) is 0 Å². The quantitative estimate of drug-likeness (QED) is 0.781. The number of hydrogen-bond acceptors (Lipinski definition) is 5. The largest absolute Gasteiger partial charge is 0.341 e. The summed E-state index contributed by atoms with van der Waals surface area (Å²) in [7, 11) is 0. The Balaban J connectivity index is 1.32. The molecule has 6 nitrogen and oxygen atoms in total. The molecule has 1 atom stereocenters. The third-order valence-corrected chi connectivity index (χ3v) is 6.43. The molecule has 0 aliphatic carbocycles. The number of hydrogen-bond donors (Lipinski definition) is 1. The van der Waals surface area contributed by atoms with E-state index in [2.05, 4.69) is 39.2 Å². The Labute approximate surface area is 179 Å². The molecule has 0 aromatic carbocycles. The van der Waals surface area contributed by atoms with Crippen LogP contribution in [-0.4, -0.2) is 57.9 Å². The zero-order valence-electron chi connectivity index (χ0n) is 18.2. The molecule has 30 heavy (non-hydrogen) atoms. The first-order chi connectivity index (χ1) is 14.6. The van der Waals surface area contributed by atoms with E-state index < -0.39 is 0 Å². The molecule has 6 heteroatoms. The summed E-state index contributed by atoms with van der Waals surface area (Å²) >= 11 is 0. The van der Waals surface area contributed by atoms with Crippen molar-refractivity contribution in [1.82, 2.24) is 19.8 Å². The molecule has 0 saturated carbocycles. The average molecular weight is 408 g/mol. The Morgan fingerprint density at radius 1 is 1.13 bits per heavy atom. The van der Waals surface area contributed by atoms with E-state index in [1.807, 2.05) is 31.3 Å². The van der Waals surface area contributed by atoms with Gasteiger partial charge in [-0.3, -0.25) is 14.7 Å². The first-order valence-corrected chi connectivity index (χ1v) is 11.3. The fourth-order valence-electron chi connectivity index (χ4n) is 4.73. The highest BCUT2D eigenvalue weighted by Crippen LogP contribution is 2.29. The third kappa shape index (κ3) is 4.81. The topological polar surface area (TPSA) is 61.4 Å². The number of pyridine rings is 2. The Bertz CT molecular complexity index is 839. The fourth-order valence-corrected chi connectivity index (χ4v) is 4.73. The van der Waals surface area contributed by atoms with Gasteiger partial charge in [0.25, 0.3) is 0 Å². The zero-order valence-corrected chi connectivity index (χ0v) is 18.2. The van der Waals surface area contributed by atoms with Crippen LogP contribution in [0.2, 0.25) is 0 Å². The van der Waals surface area contributed by atoms with E-state index in [4.69, 9.17) is 4.98 Å². The number of nitrogens with one attached hydrogen (secondary N) is 1. The van der Waals surface area contributed by atoms with Gasteiger partial charge in [-0.05, 0) is 76.4 Å². The molecule has 2 fully saturated rings. The Morgan fingerprint density at radius 3 is 2.53 bits per heavy atom. The molecule has 2 aromatic rings. The van der Waals surface area contributed by atoms with E-state index in [0.717, 1.165) is 68.3 Å². The van der Waals surface area contributed by atoms with E-state index >= 15 is 0 Å². The molecule has 1 N–H and O–H groups in total. The lowest BCUT2D eigenvalue weighted by Gasteiger charge is -2.36. The van der Waals surface area contributed by atoms with Crippen LogP contribution in [0, 0.1) is 6.92 Å². The van der Waals surface area contributed by atoms with Gasteiger partial charge >= 0.3 is 0 Å². The number of likely N-dealkylation sites (tertiary alicyclic amines) is 2. The molecule has 4 rings (SSSR count). The number of aryl methyl sites for hydroxylation is 1. The third-order valence-electron chi connectivity index (χ3n) is 6.43. The van der Waals surface area contributed by atoms with Gasteiger partial charge in [0.05, 0.1) is 17.9 Å². The van der Waals surface area contributed by atoms with Gasteiger partial charge in [-0.1, -0.05) is 13.0 Å². The second kappa shape index (κ2) is 9.56. The van der Waals surface area contributed by atoms with Gasteiger partial charge in [-0.25, -0.2) is 4.98 Å². The molecule has 1 amide bonds. The van der Waals surface area contributed by atoms with Crippen LogP contribution in [0.25, 0.3) is 0 Å². The summed E-state index contributed by atoms with van der Waals surface area (Å²) < 4.78 is 0. The van der Waals surface area contributed by atoms with Crippen LogP contribution in [0.4, 0.5) is 11.5 Å². The Kier molecular flexibility index (Phi) is 6.62. The van der Waals surface area contributed by atoms with Crippen LogP contribution in [0.1, 0.15) is 56.3 Å². The maximum atomic E-state index is 13.1. The number of piperidine rings is 1. The molecule has 0 radical (unpaired) electrons. The smallest absolute Gasteiger partial charge is 0.239 e. The molecule has 4 heterocycles. The molecule has 2 saturated heterocycles. The fraction of sp³-hybridized carbons (Fsp3) is 0.542. The standard InChI is InChI=1S/C24H33N5O/c1-3-22(28-13-4-5-14-28)24(30)29-15-11-19(12-16-29)21-10-9-20(17-25-21)27-23-8-6-7-18(2)26-23/h6-10,17,19,22H,3-5,11-16H2,1-2H3,(H,26,27). The van der Waals surface area contributed by atoms with E-state index in [1.165, 1.54) is 12.8 Å². The minimum atomic E-state index is 0.0720. The number of anilines is 2. The predicted octanol–water partition coefficient (Wildman–Crippen LogP) is 4.11. The summed E-state index contributed by atoms with van der Waals surface area (Å²) in [5.41, 5.74) is 3.05. The number of amides is 1. The second-order valence-electron chi connectivity index (χ2n) is 8.53. The summed E-state index contributed by atoms with van der Waals surface area (Å²) in [6.45, 7) is 7.94. The number of carbonyl (C=O) groups excluding carboxylic acids is 1. The summed E-state index contributed by atoms with van der Waals surface area (Å²) in [5.74, 6) is 1.59. The first-order valence-electron chi connectivity index (χ1n) is 11.3. The van der Waals surface area contributed by atoms with Crippen molar-refractivity contribution >= 4 is 17.4 Å². The van der Waals surface area contributed by atoms with Gasteiger partial charge < -0.3 is 10.2 Å². The highest BCUT2D eigenvalue weighted by molar-refractivity contribution is 5.82. The van der Waals surface area contributed by atoms with E-state index in [0.29, 0.717) is 11.8 Å². The van der Waals surface area contributed by atoms with Crippen LogP contribution < -0.4 is 5.32 Å². The normalized spacial score (nSPS) is 19.1. The maximum absolute atomic E-state index is 13.1. The summed E-state index contributed by atoms with van der Waals surface area (Å²) in [6, 6.07) is 10.2. The number of carbonyl (C=O) groups is 1. The molecule has 2 aliphatic heterocycles. The van der Waals surface area contributed by atoms with E-state index in [-0.39, 0.29) is 6.04 Å². The molecular formula is C24H33N5O. The van der Waals surface area contributed by atoms with Crippen molar-refractivity contribution in [3.05, 3.63) is 47.9 Å². The van der Waals surface area contributed by atoms with Crippen LogP contribution in [-0.2, 0) is 4.79 Å². The molecule has 0 bridgehead atoms. The lowest BCUT2D eigenvalue weighted by atomic mass is 9.92. The molecule has 160 valence electrons. The van der Waals surface area contributed by atoms with Gasteiger partial charge in [0.1, 0.15) is 5.82 Å². The Morgan fingerprint density at radius 2 is 1.90 bits per heavy atom. The molecule has 2 aromatic heterocycles. The molecule has 0 spiro atoms. The van der Waals surface area contributed by atoms with Crippen molar-refractivity contribution in [2.75, 3.05) is 31.5 Å². The zero-order chi connectivity index (χ0) is 20.9. The highest BCUT2D eigenvalue weighted by atomic mass is 16.2. The predicted molar refractivity (Wildman–Crippen MR) is 120 cm³/mol. The molecular weight excluding hydrogens is 374 g/mol. The van der Waals surface area contributed by atoms with Crippen molar-refractivity contribution < 1.29 is 4.79 Å². The summed E-state index contributed by atoms with van der Waals surface area (Å²) in [5, 5.41) is 3.31. The Hall–Kier alpha value is -2.47. The van der Waals surface area contributed by atoms with Crippen molar-refractivity contribution in [3.8, 4) is 0 Å². The monoisotopic (exact) mass is 407 g/mol. The van der Waals surface area contributed by atoms with E-state index in [9.17, 15) is 4.79 Å². The number of aromatic nitrogens is 2. The van der Waals surface area contributed by atoms with Gasteiger partial charge in [-0.2, -0.15) is 0 Å². The van der Waals surface area contributed by atoms with Gasteiger partial charge in [0.15, 0.2) is 0 Å².